The number of hydrogen-bond donors (Lipinski definition) is 1. The van der Waals surface area contributed by atoms with Gasteiger partial charge in [0.25, 0.3) is 5.91 Å². The zero-order valence-electron chi connectivity index (χ0n) is 11.5. The van der Waals surface area contributed by atoms with E-state index in [1.54, 1.807) is 12.1 Å². The van der Waals surface area contributed by atoms with Gasteiger partial charge >= 0.3 is 0 Å². The van der Waals surface area contributed by atoms with Crippen molar-refractivity contribution < 1.29 is 18.3 Å². The lowest BCUT2D eigenvalue weighted by molar-refractivity contribution is 0.0827. The van der Waals surface area contributed by atoms with Gasteiger partial charge in [-0.15, -0.1) is 0 Å². The van der Waals surface area contributed by atoms with Crippen LogP contribution in [0, 0.1) is 11.6 Å². The lowest BCUT2D eigenvalue weighted by Gasteiger charge is -2.16. The first-order chi connectivity index (χ1) is 10.1. The third kappa shape index (κ3) is 4.10. The van der Waals surface area contributed by atoms with Crippen molar-refractivity contribution in [3.8, 4) is 0 Å². The number of methoxy groups -OCH3 is 1. The Kier molecular flexibility index (Phi) is 5.00. The molecule has 0 aliphatic heterocycles. The average molecular weight is 291 g/mol. The maximum atomic E-state index is 13.2. The number of amides is 1. The van der Waals surface area contributed by atoms with E-state index in [2.05, 4.69) is 5.32 Å². The Labute approximate surface area is 121 Å². The fourth-order valence-corrected chi connectivity index (χ4v) is 1.93. The Morgan fingerprint density at radius 2 is 1.86 bits per heavy atom. The topological polar surface area (TPSA) is 38.3 Å². The number of hydrogen-bond acceptors (Lipinski definition) is 2. The van der Waals surface area contributed by atoms with Crippen LogP contribution >= 0.6 is 0 Å². The molecule has 2 aromatic rings. The predicted molar refractivity (Wildman–Crippen MR) is 74.9 cm³/mol. The molecule has 5 heteroatoms. The molecular weight excluding hydrogens is 276 g/mol. The summed E-state index contributed by atoms with van der Waals surface area (Å²) in [5.74, 6) is -1.10. The fraction of sp³-hybridized carbons (Fsp3) is 0.188. The quantitative estimate of drug-likeness (QED) is 0.919. The first-order valence-corrected chi connectivity index (χ1v) is 6.42. The summed E-state index contributed by atoms with van der Waals surface area (Å²) in [5.41, 5.74) is 0.988. The Morgan fingerprint density at radius 3 is 2.48 bits per heavy atom. The maximum absolute atomic E-state index is 13.2. The van der Waals surface area contributed by atoms with E-state index in [0.717, 1.165) is 0 Å². The zero-order chi connectivity index (χ0) is 15.2. The minimum Gasteiger partial charge on any atom is -0.375 e. The van der Waals surface area contributed by atoms with Crippen LogP contribution in [0.5, 0.6) is 0 Å². The minimum atomic E-state index is -0.454. The molecule has 0 aliphatic carbocycles. The summed E-state index contributed by atoms with van der Waals surface area (Å²) < 4.78 is 31.2. The minimum absolute atomic E-state index is 0.191. The number of carbonyl (C=O) groups is 1. The highest BCUT2D eigenvalue weighted by molar-refractivity contribution is 5.94. The normalized spacial score (nSPS) is 12.0. The molecule has 0 aliphatic rings. The molecule has 1 atom stereocenters. The van der Waals surface area contributed by atoms with Crippen LogP contribution < -0.4 is 5.32 Å². The molecule has 0 bridgehead atoms. The van der Waals surface area contributed by atoms with Crippen molar-refractivity contribution in [1.29, 1.82) is 0 Å². The third-order valence-corrected chi connectivity index (χ3v) is 3.06. The van der Waals surface area contributed by atoms with Gasteiger partial charge < -0.3 is 10.1 Å². The van der Waals surface area contributed by atoms with Gasteiger partial charge in [0, 0.05) is 19.2 Å². The van der Waals surface area contributed by atoms with E-state index < -0.39 is 11.9 Å². The molecule has 0 spiro atoms. The van der Waals surface area contributed by atoms with Crippen molar-refractivity contribution in [2.24, 2.45) is 0 Å². The number of nitrogens with one attached hydrogen (secondary N) is 1. The van der Waals surface area contributed by atoms with Gasteiger partial charge in [-0.25, -0.2) is 8.78 Å². The van der Waals surface area contributed by atoms with E-state index in [1.807, 2.05) is 0 Å². The lowest BCUT2D eigenvalue weighted by Crippen LogP contribution is -2.29. The van der Waals surface area contributed by atoms with Crippen molar-refractivity contribution in [3.05, 3.63) is 71.3 Å². The fourth-order valence-electron chi connectivity index (χ4n) is 1.93. The van der Waals surface area contributed by atoms with Gasteiger partial charge in [0.2, 0.25) is 0 Å². The summed E-state index contributed by atoms with van der Waals surface area (Å²) in [4.78, 5) is 11.9. The molecule has 0 heterocycles. The van der Waals surface area contributed by atoms with Crippen LogP contribution in [0.15, 0.2) is 48.5 Å². The van der Waals surface area contributed by atoms with Crippen LogP contribution in [0.1, 0.15) is 22.0 Å². The van der Waals surface area contributed by atoms with Crippen molar-refractivity contribution >= 4 is 5.91 Å². The zero-order valence-corrected chi connectivity index (χ0v) is 11.5. The molecule has 2 aromatic carbocycles. The van der Waals surface area contributed by atoms with E-state index in [1.165, 1.54) is 43.5 Å². The van der Waals surface area contributed by atoms with Crippen molar-refractivity contribution in [1.82, 2.24) is 5.32 Å². The molecule has 2 rings (SSSR count). The maximum Gasteiger partial charge on any atom is 0.251 e. The van der Waals surface area contributed by atoms with Gasteiger partial charge in [-0.3, -0.25) is 4.79 Å². The van der Waals surface area contributed by atoms with E-state index in [9.17, 15) is 13.6 Å². The number of carbonyl (C=O) groups excluding carboxylic acids is 1. The summed E-state index contributed by atoms with van der Waals surface area (Å²) in [6.45, 7) is 0.191. The molecule has 0 fully saturated rings. The van der Waals surface area contributed by atoms with Crippen LogP contribution in [0.2, 0.25) is 0 Å². The number of ether oxygens (including phenoxy) is 1. The standard InChI is InChI=1S/C16H15F2NO2/c1-21-15(12-3-2-4-14(18)9-12)10-19-16(20)11-5-7-13(17)8-6-11/h2-9,15H,10H2,1H3,(H,19,20). The first kappa shape index (κ1) is 15.1. The highest BCUT2D eigenvalue weighted by Crippen LogP contribution is 2.16. The molecule has 1 N–H and O–H groups in total. The third-order valence-electron chi connectivity index (χ3n) is 3.06. The summed E-state index contributed by atoms with van der Waals surface area (Å²) in [5, 5.41) is 2.68. The average Bonchev–Trinajstić information content (AvgIpc) is 2.48. The second-order valence-corrected chi connectivity index (χ2v) is 4.50. The second-order valence-electron chi connectivity index (χ2n) is 4.50. The highest BCUT2D eigenvalue weighted by Gasteiger charge is 2.13. The molecule has 0 saturated carbocycles. The molecular formula is C16H15F2NO2. The van der Waals surface area contributed by atoms with Crippen LogP contribution in [0.3, 0.4) is 0 Å². The Hall–Kier alpha value is -2.27. The Bertz CT molecular complexity index is 614. The van der Waals surface area contributed by atoms with Crippen LogP contribution in [0.25, 0.3) is 0 Å². The van der Waals surface area contributed by atoms with Gasteiger partial charge in [0.05, 0.1) is 6.10 Å². The van der Waals surface area contributed by atoms with Crippen molar-refractivity contribution in [2.75, 3.05) is 13.7 Å². The van der Waals surface area contributed by atoms with Crippen LogP contribution in [0.4, 0.5) is 8.78 Å². The largest absolute Gasteiger partial charge is 0.375 e. The monoisotopic (exact) mass is 291 g/mol. The summed E-state index contributed by atoms with van der Waals surface area (Å²) in [6, 6.07) is 11.2. The summed E-state index contributed by atoms with van der Waals surface area (Å²) in [7, 11) is 1.49. The molecule has 1 unspecified atom stereocenters. The Balaban J connectivity index is 2.00. The molecule has 21 heavy (non-hydrogen) atoms. The van der Waals surface area contributed by atoms with E-state index in [4.69, 9.17) is 4.74 Å². The van der Waals surface area contributed by atoms with Crippen molar-refractivity contribution in [2.45, 2.75) is 6.10 Å². The smallest absolute Gasteiger partial charge is 0.251 e. The van der Waals surface area contributed by atoms with Gasteiger partial charge in [0.15, 0.2) is 0 Å². The van der Waals surface area contributed by atoms with Gasteiger partial charge in [-0.05, 0) is 42.0 Å². The first-order valence-electron chi connectivity index (χ1n) is 6.42. The van der Waals surface area contributed by atoms with E-state index in [0.29, 0.717) is 11.1 Å². The number of benzene rings is 2. The molecule has 0 aromatic heterocycles. The van der Waals surface area contributed by atoms with Crippen LogP contribution in [-0.4, -0.2) is 19.6 Å². The highest BCUT2D eigenvalue weighted by atomic mass is 19.1. The molecule has 0 saturated heterocycles. The second kappa shape index (κ2) is 6.95. The summed E-state index contributed by atoms with van der Waals surface area (Å²) >= 11 is 0. The van der Waals surface area contributed by atoms with Gasteiger partial charge in [-0.1, -0.05) is 12.1 Å². The van der Waals surface area contributed by atoms with Crippen molar-refractivity contribution in [3.63, 3.8) is 0 Å². The lowest BCUT2D eigenvalue weighted by atomic mass is 10.1. The Morgan fingerprint density at radius 1 is 1.14 bits per heavy atom. The number of halogens is 2. The molecule has 110 valence electrons. The van der Waals surface area contributed by atoms with Crippen LogP contribution in [-0.2, 0) is 4.74 Å². The predicted octanol–water partition coefficient (Wildman–Crippen LogP) is 3.08. The SMILES string of the molecule is COC(CNC(=O)c1ccc(F)cc1)c1cccc(F)c1. The number of rotatable bonds is 5. The van der Waals surface area contributed by atoms with E-state index in [-0.39, 0.29) is 18.3 Å². The van der Waals surface area contributed by atoms with E-state index >= 15 is 0 Å². The summed E-state index contributed by atoms with van der Waals surface area (Å²) in [6.07, 6.45) is -0.454. The molecule has 0 radical (unpaired) electrons. The molecule has 1 amide bonds. The van der Waals surface area contributed by atoms with Gasteiger partial charge in [-0.2, -0.15) is 0 Å². The molecule has 3 nitrogen and oxygen atoms in total. The van der Waals surface area contributed by atoms with Gasteiger partial charge in [0.1, 0.15) is 11.6 Å².